The molecule has 3 aromatic rings. The van der Waals surface area contributed by atoms with Crippen molar-refractivity contribution in [3.05, 3.63) is 94.0 Å². The summed E-state index contributed by atoms with van der Waals surface area (Å²) in [6.45, 7) is 4.61. The Morgan fingerprint density at radius 2 is 1.54 bits per heavy atom. The van der Waals surface area contributed by atoms with Crippen molar-refractivity contribution in [1.29, 1.82) is 0 Å². The molecule has 3 aromatic carbocycles. The summed E-state index contributed by atoms with van der Waals surface area (Å²) in [4.78, 5) is 0. The molecule has 0 amide bonds. The Hall–Kier alpha value is -2.38. The highest BCUT2D eigenvalue weighted by Gasteiger charge is 2.37. The van der Waals surface area contributed by atoms with E-state index in [2.05, 4.69) is 62.4 Å². The molecule has 118 valence electrons. The predicted octanol–water partition coefficient (Wildman–Crippen LogP) is 4.98. The molecular formula is C23H20O. The van der Waals surface area contributed by atoms with Gasteiger partial charge < -0.3 is 5.11 Å². The molecule has 1 heteroatoms. The van der Waals surface area contributed by atoms with E-state index in [1.807, 2.05) is 12.1 Å². The quantitative estimate of drug-likeness (QED) is 0.621. The molecule has 0 fully saturated rings. The maximum absolute atomic E-state index is 10.9. The largest absolute Gasteiger partial charge is 0.384 e. The lowest BCUT2D eigenvalue weighted by molar-refractivity contribution is 0.215. The van der Waals surface area contributed by atoms with Crippen molar-refractivity contribution in [1.82, 2.24) is 0 Å². The fourth-order valence-corrected chi connectivity index (χ4v) is 4.55. The molecule has 1 atom stereocenters. The molecular weight excluding hydrogens is 292 g/mol. The summed E-state index contributed by atoms with van der Waals surface area (Å²) in [5.41, 5.74) is 10.0. The second-order valence-electron chi connectivity index (χ2n) is 7.55. The zero-order chi connectivity index (χ0) is 16.5. The van der Waals surface area contributed by atoms with Crippen LogP contribution in [0.4, 0.5) is 0 Å². The van der Waals surface area contributed by atoms with E-state index in [-0.39, 0.29) is 5.41 Å². The van der Waals surface area contributed by atoms with E-state index in [4.69, 9.17) is 0 Å². The standard InChI is InChI=1S/C23H20O/c1-23(2)20-10-6-5-9-17(20)19-13-18-15(12-21(19)23)11-14-7-3-4-8-16(14)22(18)24/h3-10,12-13,22,24H,11H2,1-2H3. The third-order valence-corrected chi connectivity index (χ3v) is 5.87. The summed E-state index contributed by atoms with van der Waals surface area (Å²) in [5.74, 6) is 0. The van der Waals surface area contributed by atoms with Crippen molar-refractivity contribution in [3.8, 4) is 11.1 Å². The molecule has 0 bridgehead atoms. The fraction of sp³-hybridized carbons (Fsp3) is 0.217. The normalized spacial score (nSPS) is 19.2. The Balaban J connectivity index is 1.77. The molecule has 1 N–H and O–H groups in total. The van der Waals surface area contributed by atoms with Crippen molar-refractivity contribution < 1.29 is 5.11 Å². The summed E-state index contributed by atoms with van der Waals surface area (Å²) >= 11 is 0. The van der Waals surface area contributed by atoms with Crippen LogP contribution in [0, 0.1) is 0 Å². The summed E-state index contributed by atoms with van der Waals surface area (Å²) < 4.78 is 0. The Morgan fingerprint density at radius 1 is 0.792 bits per heavy atom. The van der Waals surface area contributed by atoms with E-state index >= 15 is 0 Å². The first-order valence-corrected chi connectivity index (χ1v) is 8.60. The van der Waals surface area contributed by atoms with Crippen molar-refractivity contribution in [2.75, 3.05) is 0 Å². The van der Waals surface area contributed by atoms with Crippen LogP contribution < -0.4 is 0 Å². The molecule has 2 aliphatic rings. The van der Waals surface area contributed by atoms with Crippen molar-refractivity contribution >= 4 is 0 Å². The second-order valence-corrected chi connectivity index (χ2v) is 7.55. The highest BCUT2D eigenvalue weighted by Crippen LogP contribution is 2.51. The first-order valence-electron chi connectivity index (χ1n) is 8.60. The van der Waals surface area contributed by atoms with Crippen LogP contribution in [0.2, 0.25) is 0 Å². The molecule has 1 nitrogen and oxygen atoms in total. The van der Waals surface area contributed by atoms with Gasteiger partial charge in [0.05, 0.1) is 0 Å². The summed E-state index contributed by atoms with van der Waals surface area (Å²) in [7, 11) is 0. The highest BCUT2D eigenvalue weighted by molar-refractivity contribution is 5.82. The zero-order valence-electron chi connectivity index (χ0n) is 14.0. The maximum Gasteiger partial charge on any atom is 0.105 e. The van der Waals surface area contributed by atoms with Gasteiger partial charge in [0, 0.05) is 5.41 Å². The van der Waals surface area contributed by atoms with Crippen LogP contribution in [-0.2, 0) is 11.8 Å². The molecule has 0 saturated carbocycles. The van der Waals surface area contributed by atoms with E-state index in [1.165, 1.54) is 33.4 Å². The Kier molecular flexibility index (Phi) is 2.67. The first-order chi connectivity index (χ1) is 11.6. The summed E-state index contributed by atoms with van der Waals surface area (Å²) in [5, 5.41) is 10.9. The average Bonchev–Trinajstić information content (AvgIpc) is 2.82. The van der Waals surface area contributed by atoms with Gasteiger partial charge in [0.15, 0.2) is 0 Å². The van der Waals surface area contributed by atoms with Gasteiger partial charge in [-0.25, -0.2) is 0 Å². The lowest BCUT2D eigenvalue weighted by Gasteiger charge is -2.28. The van der Waals surface area contributed by atoms with E-state index in [1.54, 1.807) is 0 Å². The van der Waals surface area contributed by atoms with Gasteiger partial charge in [-0.05, 0) is 57.0 Å². The predicted molar refractivity (Wildman–Crippen MR) is 97.3 cm³/mol. The molecule has 2 aliphatic carbocycles. The van der Waals surface area contributed by atoms with Crippen LogP contribution in [0.5, 0.6) is 0 Å². The first kappa shape index (κ1) is 14.0. The summed E-state index contributed by atoms with van der Waals surface area (Å²) in [6, 6.07) is 21.5. The highest BCUT2D eigenvalue weighted by atomic mass is 16.3. The van der Waals surface area contributed by atoms with Gasteiger partial charge in [-0.1, -0.05) is 68.4 Å². The van der Waals surface area contributed by atoms with Gasteiger partial charge in [0.1, 0.15) is 6.10 Å². The van der Waals surface area contributed by atoms with Gasteiger partial charge in [0.2, 0.25) is 0 Å². The van der Waals surface area contributed by atoms with Crippen LogP contribution in [0.1, 0.15) is 53.3 Å². The van der Waals surface area contributed by atoms with Crippen LogP contribution >= 0.6 is 0 Å². The molecule has 0 aliphatic heterocycles. The smallest absolute Gasteiger partial charge is 0.105 e. The fourth-order valence-electron chi connectivity index (χ4n) is 4.55. The molecule has 0 heterocycles. The van der Waals surface area contributed by atoms with Gasteiger partial charge in [-0.3, -0.25) is 0 Å². The molecule has 24 heavy (non-hydrogen) atoms. The third kappa shape index (κ3) is 1.68. The van der Waals surface area contributed by atoms with Gasteiger partial charge >= 0.3 is 0 Å². The third-order valence-electron chi connectivity index (χ3n) is 5.87. The van der Waals surface area contributed by atoms with Gasteiger partial charge in [0.25, 0.3) is 0 Å². The lowest BCUT2D eigenvalue weighted by atomic mass is 9.78. The average molecular weight is 312 g/mol. The monoisotopic (exact) mass is 312 g/mol. The number of benzene rings is 3. The summed E-state index contributed by atoms with van der Waals surface area (Å²) in [6.07, 6.45) is 0.383. The van der Waals surface area contributed by atoms with Crippen molar-refractivity contribution in [3.63, 3.8) is 0 Å². The number of hydrogen-bond acceptors (Lipinski definition) is 1. The number of aliphatic hydroxyl groups is 1. The Labute approximate surface area is 142 Å². The molecule has 1 unspecified atom stereocenters. The molecule has 0 aromatic heterocycles. The number of rotatable bonds is 0. The van der Waals surface area contributed by atoms with E-state index in [0.29, 0.717) is 0 Å². The van der Waals surface area contributed by atoms with Crippen LogP contribution in [0.3, 0.4) is 0 Å². The number of fused-ring (bicyclic) bond motifs is 5. The molecule has 0 spiro atoms. The van der Waals surface area contributed by atoms with Gasteiger partial charge in [-0.2, -0.15) is 0 Å². The van der Waals surface area contributed by atoms with Gasteiger partial charge in [-0.15, -0.1) is 0 Å². The molecule has 0 radical (unpaired) electrons. The van der Waals surface area contributed by atoms with Crippen LogP contribution in [0.25, 0.3) is 11.1 Å². The second kappa shape index (κ2) is 4.58. The number of aliphatic hydroxyl groups excluding tert-OH is 1. The Morgan fingerprint density at radius 3 is 2.42 bits per heavy atom. The molecule has 5 rings (SSSR count). The number of hydrogen-bond donors (Lipinski definition) is 1. The lowest BCUT2D eigenvalue weighted by Crippen LogP contribution is -2.18. The van der Waals surface area contributed by atoms with E-state index in [9.17, 15) is 5.11 Å². The van der Waals surface area contributed by atoms with Crippen LogP contribution in [0.15, 0.2) is 60.7 Å². The minimum Gasteiger partial charge on any atom is -0.384 e. The Bertz CT molecular complexity index is 981. The maximum atomic E-state index is 10.9. The van der Waals surface area contributed by atoms with E-state index in [0.717, 1.165) is 17.5 Å². The van der Waals surface area contributed by atoms with Crippen molar-refractivity contribution in [2.24, 2.45) is 0 Å². The minimum absolute atomic E-state index is 0.0167. The van der Waals surface area contributed by atoms with Crippen molar-refractivity contribution in [2.45, 2.75) is 31.8 Å². The molecule has 0 saturated heterocycles. The van der Waals surface area contributed by atoms with Crippen LogP contribution in [-0.4, -0.2) is 5.11 Å². The SMILES string of the molecule is CC1(C)c2ccccc2-c2cc3c(cc21)Cc1ccccc1C3O. The van der Waals surface area contributed by atoms with E-state index < -0.39 is 6.10 Å². The topological polar surface area (TPSA) is 20.2 Å². The zero-order valence-corrected chi connectivity index (χ0v) is 14.0. The minimum atomic E-state index is -0.522.